The smallest absolute Gasteiger partial charge is 0.426 e. The SMILES string of the molecule is CCc1cccc(CC(NC(=O)CCn2cc(-c3cccnc3)nn2)B(O)O)c1. The summed E-state index contributed by atoms with van der Waals surface area (Å²) in [5, 5.41) is 30.2. The molecule has 0 spiro atoms. The Morgan fingerprint density at radius 3 is 2.79 bits per heavy atom. The van der Waals surface area contributed by atoms with E-state index in [2.05, 4.69) is 27.5 Å². The Hall–Kier alpha value is -3.04. The van der Waals surface area contributed by atoms with Gasteiger partial charge in [0.05, 0.1) is 18.7 Å². The zero-order valence-corrected chi connectivity index (χ0v) is 16.3. The van der Waals surface area contributed by atoms with Crippen LogP contribution in [0.5, 0.6) is 0 Å². The first kappa shape index (κ1) is 20.7. The van der Waals surface area contributed by atoms with Crippen LogP contribution < -0.4 is 5.32 Å². The van der Waals surface area contributed by atoms with Crippen LogP contribution in [0.1, 0.15) is 24.5 Å². The van der Waals surface area contributed by atoms with Gasteiger partial charge in [-0.1, -0.05) is 36.4 Å². The second-order valence-corrected chi connectivity index (χ2v) is 6.82. The molecular formula is C20H24BN5O3. The minimum absolute atomic E-state index is 0.147. The number of aromatic nitrogens is 4. The van der Waals surface area contributed by atoms with Crippen molar-refractivity contribution in [2.45, 2.75) is 38.7 Å². The zero-order chi connectivity index (χ0) is 20.6. The van der Waals surface area contributed by atoms with E-state index in [-0.39, 0.29) is 12.3 Å². The molecule has 0 fully saturated rings. The van der Waals surface area contributed by atoms with Gasteiger partial charge in [0, 0.05) is 24.4 Å². The van der Waals surface area contributed by atoms with Crippen LogP contribution in [0.2, 0.25) is 0 Å². The summed E-state index contributed by atoms with van der Waals surface area (Å²) in [6.07, 6.45) is 6.51. The van der Waals surface area contributed by atoms with E-state index >= 15 is 0 Å². The molecule has 1 unspecified atom stereocenters. The van der Waals surface area contributed by atoms with E-state index in [1.54, 1.807) is 23.3 Å². The fraction of sp³-hybridized carbons (Fsp3) is 0.300. The molecular weight excluding hydrogens is 369 g/mol. The standard InChI is InChI=1S/C20H24BN5O3/c1-2-15-5-3-6-16(11-15)12-19(21(28)29)23-20(27)8-10-26-14-18(24-25-26)17-7-4-9-22-13-17/h3-7,9,11,13-14,19,28-29H,2,8,10,12H2,1H3,(H,23,27). The molecule has 1 atom stereocenters. The molecule has 0 radical (unpaired) electrons. The summed E-state index contributed by atoms with van der Waals surface area (Å²) in [6, 6.07) is 11.6. The molecule has 0 aliphatic rings. The van der Waals surface area contributed by atoms with Crippen LogP contribution >= 0.6 is 0 Å². The average molecular weight is 393 g/mol. The summed E-state index contributed by atoms with van der Waals surface area (Å²) in [5.74, 6) is -1.07. The second-order valence-electron chi connectivity index (χ2n) is 6.82. The Labute approximate surface area is 169 Å². The van der Waals surface area contributed by atoms with Crippen LogP contribution in [0.25, 0.3) is 11.3 Å². The van der Waals surface area contributed by atoms with E-state index in [4.69, 9.17) is 0 Å². The quantitative estimate of drug-likeness (QED) is 0.468. The molecule has 9 heteroatoms. The molecule has 2 heterocycles. The van der Waals surface area contributed by atoms with Crippen molar-refractivity contribution in [3.8, 4) is 11.3 Å². The Morgan fingerprint density at radius 2 is 2.07 bits per heavy atom. The van der Waals surface area contributed by atoms with Crippen molar-refractivity contribution in [3.05, 3.63) is 66.1 Å². The van der Waals surface area contributed by atoms with Crippen molar-refractivity contribution >= 4 is 13.0 Å². The first-order chi connectivity index (χ1) is 14.0. The number of benzene rings is 1. The summed E-state index contributed by atoms with van der Waals surface area (Å²) >= 11 is 0. The van der Waals surface area contributed by atoms with Gasteiger partial charge in [-0.2, -0.15) is 0 Å². The first-order valence-electron chi connectivity index (χ1n) is 9.59. The van der Waals surface area contributed by atoms with Gasteiger partial charge >= 0.3 is 7.12 Å². The van der Waals surface area contributed by atoms with Crippen LogP contribution in [-0.2, 0) is 24.2 Å². The number of aryl methyl sites for hydroxylation is 2. The summed E-state index contributed by atoms with van der Waals surface area (Å²) < 4.78 is 1.58. The average Bonchev–Trinajstić information content (AvgIpc) is 3.21. The van der Waals surface area contributed by atoms with Crippen LogP contribution in [0.15, 0.2) is 55.0 Å². The van der Waals surface area contributed by atoms with E-state index in [0.29, 0.717) is 18.7 Å². The van der Waals surface area contributed by atoms with E-state index in [1.807, 2.05) is 36.4 Å². The first-order valence-corrected chi connectivity index (χ1v) is 9.59. The minimum Gasteiger partial charge on any atom is -0.426 e. The third-order valence-corrected chi connectivity index (χ3v) is 4.63. The van der Waals surface area contributed by atoms with Crippen molar-refractivity contribution < 1.29 is 14.8 Å². The van der Waals surface area contributed by atoms with E-state index in [0.717, 1.165) is 23.1 Å². The fourth-order valence-electron chi connectivity index (χ4n) is 3.01. The number of hydrogen-bond donors (Lipinski definition) is 3. The van der Waals surface area contributed by atoms with Gasteiger partial charge in [-0.3, -0.25) is 14.5 Å². The molecule has 3 rings (SSSR count). The Kier molecular flexibility index (Phi) is 7.10. The van der Waals surface area contributed by atoms with Gasteiger partial charge in [0.2, 0.25) is 5.91 Å². The number of nitrogens with one attached hydrogen (secondary N) is 1. The summed E-state index contributed by atoms with van der Waals surface area (Å²) in [5.41, 5.74) is 3.63. The molecule has 150 valence electrons. The van der Waals surface area contributed by atoms with Gasteiger partial charge in [-0.05, 0) is 36.1 Å². The molecule has 0 bridgehead atoms. The fourth-order valence-corrected chi connectivity index (χ4v) is 3.01. The number of rotatable bonds is 9. The Bertz CT molecular complexity index is 933. The van der Waals surface area contributed by atoms with Crippen molar-refractivity contribution in [2.75, 3.05) is 0 Å². The van der Waals surface area contributed by atoms with Crippen LogP contribution in [0.3, 0.4) is 0 Å². The lowest BCUT2D eigenvalue weighted by atomic mass is 9.75. The van der Waals surface area contributed by atoms with Crippen molar-refractivity contribution in [2.24, 2.45) is 0 Å². The van der Waals surface area contributed by atoms with E-state index in [9.17, 15) is 14.8 Å². The molecule has 29 heavy (non-hydrogen) atoms. The van der Waals surface area contributed by atoms with Crippen molar-refractivity contribution in [1.29, 1.82) is 0 Å². The summed E-state index contributed by atoms with van der Waals surface area (Å²) in [4.78, 5) is 16.4. The van der Waals surface area contributed by atoms with Crippen molar-refractivity contribution in [3.63, 3.8) is 0 Å². The molecule has 1 amide bonds. The Morgan fingerprint density at radius 1 is 1.24 bits per heavy atom. The molecule has 8 nitrogen and oxygen atoms in total. The van der Waals surface area contributed by atoms with Gasteiger partial charge in [0.15, 0.2) is 0 Å². The maximum atomic E-state index is 12.3. The predicted molar refractivity (Wildman–Crippen MR) is 110 cm³/mol. The molecule has 0 aliphatic carbocycles. The number of amides is 1. The lowest BCUT2D eigenvalue weighted by Gasteiger charge is -2.18. The maximum Gasteiger partial charge on any atom is 0.475 e. The maximum absolute atomic E-state index is 12.3. The van der Waals surface area contributed by atoms with Gasteiger partial charge in [-0.25, -0.2) is 0 Å². The topological polar surface area (TPSA) is 113 Å². The van der Waals surface area contributed by atoms with Crippen LogP contribution in [0, 0.1) is 0 Å². The molecule has 0 aliphatic heterocycles. The van der Waals surface area contributed by atoms with E-state index in [1.165, 1.54) is 0 Å². The zero-order valence-electron chi connectivity index (χ0n) is 16.3. The number of carbonyl (C=O) groups is 1. The number of carbonyl (C=O) groups excluding carboxylic acids is 1. The highest BCUT2D eigenvalue weighted by Gasteiger charge is 2.25. The molecule has 0 saturated carbocycles. The third kappa shape index (κ3) is 5.97. The lowest BCUT2D eigenvalue weighted by molar-refractivity contribution is -0.121. The summed E-state index contributed by atoms with van der Waals surface area (Å²) in [7, 11) is -1.65. The lowest BCUT2D eigenvalue weighted by Crippen LogP contribution is -2.48. The highest BCUT2D eigenvalue weighted by Crippen LogP contribution is 2.14. The highest BCUT2D eigenvalue weighted by atomic mass is 16.4. The third-order valence-electron chi connectivity index (χ3n) is 4.63. The van der Waals surface area contributed by atoms with Gasteiger partial charge < -0.3 is 15.4 Å². The van der Waals surface area contributed by atoms with E-state index < -0.39 is 13.1 Å². The molecule has 3 aromatic rings. The number of nitrogens with zero attached hydrogens (tertiary/aromatic N) is 4. The van der Waals surface area contributed by atoms with Crippen LogP contribution in [0.4, 0.5) is 0 Å². The van der Waals surface area contributed by atoms with Crippen molar-refractivity contribution in [1.82, 2.24) is 25.3 Å². The van der Waals surface area contributed by atoms with Gasteiger partial charge in [0.1, 0.15) is 5.69 Å². The monoisotopic (exact) mass is 393 g/mol. The largest absolute Gasteiger partial charge is 0.475 e. The molecule has 1 aromatic carbocycles. The van der Waals surface area contributed by atoms with Crippen LogP contribution in [-0.4, -0.2) is 49.0 Å². The highest BCUT2D eigenvalue weighted by molar-refractivity contribution is 6.43. The van der Waals surface area contributed by atoms with Gasteiger partial charge in [0.25, 0.3) is 0 Å². The normalized spacial score (nSPS) is 11.8. The Balaban J connectivity index is 1.55. The number of hydrogen-bond acceptors (Lipinski definition) is 6. The minimum atomic E-state index is -1.65. The predicted octanol–water partition coefficient (Wildman–Crippen LogP) is 1.03. The number of pyridine rings is 1. The molecule has 0 saturated heterocycles. The summed E-state index contributed by atoms with van der Waals surface area (Å²) in [6.45, 7) is 2.39. The molecule has 3 N–H and O–H groups in total. The molecule has 2 aromatic heterocycles. The second kappa shape index (κ2) is 9.95. The van der Waals surface area contributed by atoms with Gasteiger partial charge in [-0.15, -0.1) is 5.10 Å².